The van der Waals surface area contributed by atoms with Crippen molar-refractivity contribution >= 4 is 17.6 Å². The molecule has 1 fully saturated rings. The van der Waals surface area contributed by atoms with E-state index in [4.69, 9.17) is 11.6 Å². The van der Waals surface area contributed by atoms with E-state index >= 15 is 0 Å². The van der Waals surface area contributed by atoms with Gasteiger partial charge in [0, 0.05) is 36.0 Å². The number of hydrogen-bond donors (Lipinski definition) is 2. The molecule has 2 amide bonds. The number of carbonyl (C=O) groups is 1. The Bertz CT molecular complexity index is 790. The third-order valence-corrected chi connectivity index (χ3v) is 5.65. The molecule has 1 unspecified atom stereocenters. The van der Waals surface area contributed by atoms with Crippen LogP contribution in [0.5, 0.6) is 0 Å². The number of halogens is 2. The van der Waals surface area contributed by atoms with Crippen molar-refractivity contribution in [2.75, 3.05) is 27.2 Å². The van der Waals surface area contributed by atoms with Gasteiger partial charge in [-0.3, -0.25) is 5.10 Å². The number of urea groups is 1. The zero-order chi connectivity index (χ0) is 19.6. The third kappa shape index (κ3) is 4.25. The zero-order valence-corrected chi connectivity index (χ0v) is 16.6. The van der Waals surface area contributed by atoms with Crippen molar-refractivity contribution < 1.29 is 9.18 Å². The van der Waals surface area contributed by atoms with Crippen LogP contribution < -0.4 is 5.32 Å². The number of aromatic nitrogens is 2. The molecule has 2 aromatic rings. The fourth-order valence-corrected chi connectivity index (χ4v) is 3.71. The van der Waals surface area contributed by atoms with Gasteiger partial charge >= 0.3 is 6.03 Å². The highest BCUT2D eigenvalue weighted by Crippen LogP contribution is 2.33. The monoisotopic (exact) mass is 393 g/mol. The van der Waals surface area contributed by atoms with E-state index in [0.29, 0.717) is 16.7 Å². The topological polar surface area (TPSA) is 64.3 Å². The second-order valence-corrected chi connectivity index (χ2v) is 7.51. The molecule has 1 aromatic heterocycles. The molecule has 2 heterocycles. The lowest BCUT2D eigenvalue weighted by Gasteiger charge is -2.35. The molecule has 1 aromatic carbocycles. The Balaban J connectivity index is 1.69. The molecule has 3 rings (SSSR count). The molecule has 8 heteroatoms. The largest absolute Gasteiger partial charge is 0.331 e. The first-order valence-electron chi connectivity index (χ1n) is 9.07. The Hall–Kier alpha value is -2.12. The molecular formula is C19H25ClFN5O. The highest BCUT2D eigenvalue weighted by atomic mass is 35.5. The average Bonchev–Trinajstić information content (AvgIpc) is 3.18. The molecule has 27 heavy (non-hydrogen) atoms. The van der Waals surface area contributed by atoms with Crippen molar-refractivity contribution in [2.24, 2.45) is 0 Å². The number of nitrogens with zero attached hydrogens (tertiary/aromatic N) is 3. The summed E-state index contributed by atoms with van der Waals surface area (Å²) >= 11 is 6.22. The first-order valence-corrected chi connectivity index (χ1v) is 9.45. The van der Waals surface area contributed by atoms with Crippen LogP contribution in [0.1, 0.15) is 31.4 Å². The van der Waals surface area contributed by atoms with Gasteiger partial charge in [-0.1, -0.05) is 23.7 Å². The number of rotatable bonds is 4. The summed E-state index contributed by atoms with van der Waals surface area (Å²) in [6.45, 7) is 3.70. The number of benzene rings is 1. The predicted molar refractivity (Wildman–Crippen MR) is 104 cm³/mol. The van der Waals surface area contributed by atoms with Crippen molar-refractivity contribution in [1.82, 2.24) is 25.3 Å². The van der Waals surface area contributed by atoms with Crippen LogP contribution in [0.4, 0.5) is 9.18 Å². The van der Waals surface area contributed by atoms with Gasteiger partial charge in [0.25, 0.3) is 0 Å². The normalized spacial score (nSPS) is 16.9. The summed E-state index contributed by atoms with van der Waals surface area (Å²) in [6, 6.07) is 2.90. The lowest BCUT2D eigenvalue weighted by atomic mass is 10.0. The fourth-order valence-electron chi connectivity index (χ4n) is 3.43. The summed E-state index contributed by atoms with van der Waals surface area (Å²) in [5.74, 6) is -0.523. The highest BCUT2D eigenvalue weighted by molar-refractivity contribution is 6.33. The number of H-pyrrole nitrogens is 1. The lowest BCUT2D eigenvalue weighted by Crippen LogP contribution is -2.48. The summed E-state index contributed by atoms with van der Waals surface area (Å²) < 4.78 is 14.8. The Kier molecular flexibility index (Phi) is 6.01. The van der Waals surface area contributed by atoms with E-state index in [-0.39, 0.29) is 17.1 Å². The van der Waals surface area contributed by atoms with Crippen LogP contribution in [0.3, 0.4) is 0 Å². The number of amides is 2. The van der Waals surface area contributed by atoms with Crippen LogP contribution in [0, 0.1) is 5.82 Å². The third-order valence-electron chi connectivity index (χ3n) is 5.28. The second-order valence-electron chi connectivity index (χ2n) is 7.13. The van der Waals surface area contributed by atoms with E-state index < -0.39 is 11.9 Å². The molecule has 1 aliphatic heterocycles. The van der Waals surface area contributed by atoms with Crippen LogP contribution in [0.15, 0.2) is 24.5 Å². The van der Waals surface area contributed by atoms with E-state index in [9.17, 15) is 9.18 Å². The summed E-state index contributed by atoms with van der Waals surface area (Å²) in [5.41, 5.74) is 1.63. The van der Waals surface area contributed by atoms with Gasteiger partial charge in [0.05, 0.1) is 17.3 Å². The molecule has 2 N–H and O–H groups in total. The molecular weight excluding hydrogens is 369 g/mol. The molecule has 1 atom stereocenters. The molecule has 0 bridgehead atoms. The minimum Gasteiger partial charge on any atom is -0.331 e. The van der Waals surface area contributed by atoms with E-state index in [1.807, 2.05) is 0 Å². The Morgan fingerprint density at radius 3 is 2.78 bits per heavy atom. The van der Waals surface area contributed by atoms with Gasteiger partial charge in [-0.25, -0.2) is 9.18 Å². The summed E-state index contributed by atoms with van der Waals surface area (Å²) in [5, 5.41) is 9.46. The van der Waals surface area contributed by atoms with E-state index in [0.717, 1.165) is 25.9 Å². The van der Waals surface area contributed by atoms with Crippen molar-refractivity contribution in [3.05, 3.63) is 40.9 Å². The van der Waals surface area contributed by atoms with E-state index in [1.54, 1.807) is 43.4 Å². The lowest BCUT2D eigenvalue weighted by molar-refractivity contribution is 0.146. The number of aromatic amines is 1. The maximum atomic E-state index is 14.8. The van der Waals surface area contributed by atoms with Gasteiger partial charge in [0.2, 0.25) is 0 Å². The van der Waals surface area contributed by atoms with Gasteiger partial charge < -0.3 is 15.1 Å². The number of carbonyl (C=O) groups excluding carboxylic acids is 1. The molecule has 1 aliphatic rings. The van der Waals surface area contributed by atoms with Crippen molar-refractivity contribution in [1.29, 1.82) is 0 Å². The SMILES string of the molecule is CC(NC(=O)N(C)C1CCN(C)CC1)c1ccc(-c2cn[nH]c2)c(Cl)c1F. The van der Waals surface area contributed by atoms with Gasteiger partial charge in [-0.15, -0.1) is 0 Å². The van der Waals surface area contributed by atoms with Gasteiger partial charge in [0.1, 0.15) is 5.82 Å². The van der Waals surface area contributed by atoms with Crippen LogP contribution in [-0.4, -0.2) is 59.3 Å². The van der Waals surface area contributed by atoms with E-state index in [1.165, 1.54) is 0 Å². The van der Waals surface area contributed by atoms with Crippen molar-refractivity contribution in [3.63, 3.8) is 0 Å². The van der Waals surface area contributed by atoms with Crippen molar-refractivity contribution in [3.8, 4) is 11.1 Å². The smallest absolute Gasteiger partial charge is 0.317 e. The molecule has 146 valence electrons. The quantitative estimate of drug-likeness (QED) is 0.833. The maximum absolute atomic E-state index is 14.8. The fraction of sp³-hybridized carbons (Fsp3) is 0.474. The van der Waals surface area contributed by atoms with Gasteiger partial charge in [-0.2, -0.15) is 5.10 Å². The molecule has 0 spiro atoms. The maximum Gasteiger partial charge on any atom is 0.317 e. The number of nitrogens with one attached hydrogen (secondary N) is 2. The second kappa shape index (κ2) is 8.27. The molecule has 6 nitrogen and oxygen atoms in total. The molecule has 0 radical (unpaired) electrons. The summed E-state index contributed by atoms with van der Waals surface area (Å²) in [4.78, 5) is 16.6. The standard InChI is InChI=1S/C19H25ClFN5O/c1-12(24-19(27)26(3)14-6-8-25(2)9-7-14)15-4-5-16(17(20)18(15)21)13-10-22-23-11-13/h4-5,10-12,14H,6-9H2,1-3H3,(H,22,23)(H,24,27). The first kappa shape index (κ1) is 19.6. The highest BCUT2D eigenvalue weighted by Gasteiger charge is 2.26. The Labute approximate surface area is 163 Å². The Morgan fingerprint density at radius 1 is 1.44 bits per heavy atom. The number of hydrogen-bond acceptors (Lipinski definition) is 3. The average molecular weight is 394 g/mol. The molecule has 0 aliphatic carbocycles. The Morgan fingerprint density at radius 2 is 2.15 bits per heavy atom. The van der Waals surface area contributed by atoms with Crippen LogP contribution >= 0.6 is 11.6 Å². The van der Waals surface area contributed by atoms with E-state index in [2.05, 4.69) is 27.5 Å². The summed E-state index contributed by atoms with van der Waals surface area (Å²) in [7, 11) is 3.88. The number of piperidine rings is 1. The van der Waals surface area contributed by atoms with Gasteiger partial charge in [-0.05, 0) is 39.9 Å². The van der Waals surface area contributed by atoms with Crippen LogP contribution in [0.2, 0.25) is 5.02 Å². The minimum atomic E-state index is -0.523. The zero-order valence-electron chi connectivity index (χ0n) is 15.8. The molecule has 1 saturated heterocycles. The van der Waals surface area contributed by atoms with Crippen molar-refractivity contribution in [2.45, 2.75) is 31.8 Å². The first-order chi connectivity index (χ1) is 12.9. The summed E-state index contributed by atoms with van der Waals surface area (Å²) in [6.07, 6.45) is 5.12. The van der Waals surface area contributed by atoms with Gasteiger partial charge in [0.15, 0.2) is 0 Å². The van der Waals surface area contributed by atoms with Crippen LogP contribution in [0.25, 0.3) is 11.1 Å². The molecule has 0 saturated carbocycles. The minimum absolute atomic E-state index is 0.0265. The number of likely N-dealkylation sites (tertiary alicyclic amines) is 1. The van der Waals surface area contributed by atoms with Crippen LogP contribution in [-0.2, 0) is 0 Å². The predicted octanol–water partition coefficient (Wildman–Crippen LogP) is 3.67.